The zero-order valence-corrected chi connectivity index (χ0v) is 13.6. The summed E-state index contributed by atoms with van der Waals surface area (Å²) < 4.78 is 5.40. The second-order valence-corrected chi connectivity index (χ2v) is 5.98. The highest BCUT2D eigenvalue weighted by atomic mass is 16.5. The number of morpholine rings is 1. The number of rotatable bonds is 5. The van der Waals surface area contributed by atoms with Crippen molar-refractivity contribution in [3.63, 3.8) is 0 Å². The maximum atomic E-state index is 12.0. The van der Waals surface area contributed by atoms with Crippen LogP contribution < -0.4 is 10.6 Å². The first-order valence-corrected chi connectivity index (χ1v) is 7.85. The fourth-order valence-corrected chi connectivity index (χ4v) is 2.69. The highest BCUT2D eigenvalue weighted by molar-refractivity contribution is 5.89. The SMILES string of the molecule is Cc1cc(NC(=O)NCC(C(C)C)N2CCOCC2)ccn1. The van der Waals surface area contributed by atoms with Crippen molar-refractivity contribution >= 4 is 11.7 Å². The van der Waals surface area contributed by atoms with Crippen LogP contribution in [0.4, 0.5) is 10.5 Å². The lowest BCUT2D eigenvalue weighted by molar-refractivity contribution is 0.00728. The molecule has 1 unspecified atom stereocenters. The largest absolute Gasteiger partial charge is 0.379 e. The topological polar surface area (TPSA) is 66.5 Å². The molecule has 1 aromatic rings. The van der Waals surface area contributed by atoms with E-state index in [1.165, 1.54) is 0 Å². The molecule has 2 amide bonds. The monoisotopic (exact) mass is 306 g/mol. The van der Waals surface area contributed by atoms with Crippen molar-refractivity contribution in [3.05, 3.63) is 24.0 Å². The minimum Gasteiger partial charge on any atom is -0.379 e. The standard InChI is InChI=1S/C16H26N4O2/c1-12(2)15(20-6-8-22-9-7-20)11-18-16(21)19-14-4-5-17-13(3)10-14/h4-5,10,12,15H,6-9,11H2,1-3H3,(H2,17,18,19,21). The van der Waals surface area contributed by atoms with E-state index in [-0.39, 0.29) is 6.03 Å². The number of carbonyl (C=O) groups is 1. The highest BCUT2D eigenvalue weighted by Crippen LogP contribution is 2.12. The zero-order valence-electron chi connectivity index (χ0n) is 13.6. The molecular weight excluding hydrogens is 280 g/mol. The van der Waals surface area contributed by atoms with Crippen LogP contribution in [0, 0.1) is 12.8 Å². The fourth-order valence-electron chi connectivity index (χ4n) is 2.69. The third kappa shape index (κ3) is 4.96. The first-order valence-electron chi connectivity index (χ1n) is 7.85. The van der Waals surface area contributed by atoms with Crippen molar-refractivity contribution < 1.29 is 9.53 Å². The average Bonchev–Trinajstić information content (AvgIpc) is 2.48. The van der Waals surface area contributed by atoms with E-state index in [0.29, 0.717) is 18.5 Å². The Bertz CT molecular complexity index is 487. The molecule has 0 saturated carbocycles. The van der Waals surface area contributed by atoms with E-state index in [0.717, 1.165) is 37.7 Å². The quantitative estimate of drug-likeness (QED) is 0.871. The molecule has 0 bridgehead atoms. The molecule has 1 saturated heterocycles. The maximum Gasteiger partial charge on any atom is 0.319 e. The van der Waals surface area contributed by atoms with Gasteiger partial charge in [-0.15, -0.1) is 0 Å². The van der Waals surface area contributed by atoms with Crippen molar-refractivity contribution in [2.75, 3.05) is 38.2 Å². The van der Waals surface area contributed by atoms with Gasteiger partial charge in [-0.2, -0.15) is 0 Å². The summed E-state index contributed by atoms with van der Waals surface area (Å²) in [4.78, 5) is 18.6. The molecule has 2 heterocycles. The number of aryl methyl sites for hydroxylation is 1. The van der Waals surface area contributed by atoms with E-state index >= 15 is 0 Å². The molecule has 2 rings (SSSR count). The van der Waals surface area contributed by atoms with Crippen LogP contribution in [0.3, 0.4) is 0 Å². The number of ether oxygens (including phenoxy) is 1. The number of urea groups is 1. The van der Waals surface area contributed by atoms with Gasteiger partial charge in [-0.05, 0) is 25.0 Å². The van der Waals surface area contributed by atoms with E-state index in [2.05, 4.69) is 34.4 Å². The Morgan fingerprint density at radius 3 is 2.77 bits per heavy atom. The van der Waals surface area contributed by atoms with Crippen LogP contribution in [0.2, 0.25) is 0 Å². The number of anilines is 1. The van der Waals surface area contributed by atoms with Crippen LogP contribution in [0.25, 0.3) is 0 Å². The molecule has 2 N–H and O–H groups in total. The normalized spacial score (nSPS) is 17.3. The van der Waals surface area contributed by atoms with Crippen molar-refractivity contribution in [2.24, 2.45) is 5.92 Å². The first kappa shape index (κ1) is 16.7. The fraction of sp³-hybridized carbons (Fsp3) is 0.625. The molecule has 122 valence electrons. The van der Waals surface area contributed by atoms with Crippen LogP contribution in [-0.4, -0.2) is 54.8 Å². The van der Waals surface area contributed by atoms with Gasteiger partial charge < -0.3 is 15.4 Å². The Hall–Kier alpha value is -1.66. The van der Waals surface area contributed by atoms with Crippen molar-refractivity contribution in [1.82, 2.24) is 15.2 Å². The zero-order chi connectivity index (χ0) is 15.9. The third-order valence-electron chi connectivity index (χ3n) is 3.91. The second kappa shape index (κ2) is 8.10. The van der Waals surface area contributed by atoms with E-state index < -0.39 is 0 Å². The summed E-state index contributed by atoms with van der Waals surface area (Å²) >= 11 is 0. The van der Waals surface area contributed by atoms with Gasteiger partial charge >= 0.3 is 6.03 Å². The Morgan fingerprint density at radius 2 is 2.14 bits per heavy atom. The number of hydrogen-bond donors (Lipinski definition) is 2. The van der Waals surface area contributed by atoms with E-state index in [1.54, 1.807) is 12.3 Å². The summed E-state index contributed by atoms with van der Waals surface area (Å²) in [7, 11) is 0. The van der Waals surface area contributed by atoms with Gasteiger partial charge in [-0.1, -0.05) is 13.8 Å². The van der Waals surface area contributed by atoms with Crippen LogP contribution in [-0.2, 0) is 4.74 Å². The van der Waals surface area contributed by atoms with E-state index in [1.807, 2.05) is 13.0 Å². The Labute approximate surface area is 132 Å². The number of aromatic nitrogens is 1. The first-order chi connectivity index (χ1) is 10.6. The van der Waals surface area contributed by atoms with E-state index in [4.69, 9.17) is 4.74 Å². The van der Waals surface area contributed by atoms with Gasteiger partial charge in [0.25, 0.3) is 0 Å². The summed E-state index contributed by atoms with van der Waals surface area (Å²) in [6, 6.07) is 3.79. The number of amides is 2. The number of hydrogen-bond acceptors (Lipinski definition) is 4. The minimum absolute atomic E-state index is 0.176. The van der Waals surface area contributed by atoms with Gasteiger partial charge in [0.1, 0.15) is 0 Å². The molecule has 22 heavy (non-hydrogen) atoms. The van der Waals surface area contributed by atoms with Crippen LogP contribution in [0.15, 0.2) is 18.3 Å². The van der Waals surface area contributed by atoms with Gasteiger partial charge in [0.05, 0.1) is 13.2 Å². The molecule has 0 spiro atoms. The maximum absolute atomic E-state index is 12.0. The molecule has 6 heteroatoms. The predicted octanol–water partition coefficient (Wildman–Crippen LogP) is 1.87. The Balaban J connectivity index is 1.84. The van der Waals surface area contributed by atoms with E-state index in [9.17, 15) is 4.79 Å². The van der Waals surface area contributed by atoms with Crippen LogP contribution in [0.5, 0.6) is 0 Å². The molecule has 1 aromatic heterocycles. The summed E-state index contributed by atoms with van der Waals surface area (Å²) in [6.07, 6.45) is 1.69. The van der Waals surface area contributed by atoms with Crippen molar-refractivity contribution in [2.45, 2.75) is 26.8 Å². The molecule has 0 aromatic carbocycles. The van der Waals surface area contributed by atoms with Crippen molar-refractivity contribution in [1.29, 1.82) is 0 Å². The van der Waals surface area contributed by atoms with Gasteiger partial charge in [0, 0.05) is 43.3 Å². The van der Waals surface area contributed by atoms with Gasteiger partial charge in [0.2, 0.25) is 0 Å². The Morgan fingerprint density at radius 1 is 1.41 bits per heavy atom. The molecule has 0 aliphatic carbocycles. The Kier molecular flexibility index (Phi) is 6.15. The number of nitrogens with zero attached hydrogens (tertiary/aromatic N) is 2. The van der Waals surface area contributed by atoms with Crippen molar-refractivity contribution in [3.8, 4) is 0 Å². The van der Waals surface area contributed by atoms with Gasteiger partial charge in [0.15, 0.2) is 0 Å². The number of carbonyl (C=O) groups excluding carboxylic acids is 1. The minimum atomic E-state index is -0.176. The van der Waals surface area contributed by atoms with Gasteiger partial charge in [-0.25, -0.2) is 4.79 Å². The molecule has 0 radical (unpaired) electrons. The molecule has 1 fully saturated rings. The molecular formula is C16H26N4O2. The molecule has 1 aliphatic rings. The lowest BCUT2D eigenvalue weighted by Gasteiger charge is -2.36. The lowest BCUT2D eigenvalue weighted by Crippen LogP contribution is -2.51. The summed E-state index contributed by atoms with van der Waals surface area (Å²) in [5, 5.41) is 5.82. The summed E-state index contributed by atoms with van der Waals surface area (Å²) in [6.45, 7) is 10.3. The second-order valence-electron chi connectivity index (χ2n) is 5.98. The predicted molar refractivity (Wildman–Crippen MR) is 87.0 cm³/mol. The highest BCUT2D eigenvalue weighted by Gasteiger charge is 2.24. The molecule has 1 atom stereocenters. The number of nitrogens with one attached hydrogen (secondary N) is 2. The summed E-state index contributed by atoms with van der Waals surface area (Å²) in [5.41, 5.74) is 1.64. The van der Waals surface area contributed by atoms with Crippen LogP contribution in [0.1, 0.15) is 19.5 Å². The summed E-state index contributed by atoms with van der Waals surface area (Å²) in [5.74, 6) is 0.474. The van der Waals surface area contributed by atoms with Crippen LogP contribution >= 0.6 is 0 Å². The molecule has 6 nitrogen and oxygen atoms in total. The molecule has 1 aliphatic heterocycles. The smallest absolute Gasteiger partial charge is 0.319 e. The van der Waals surface area contributed by atoms with Gasteiger partial charge in [-0.3, -0.25) is 9.88 Å². The lowest BCUT2D eigenvalue weighted by atomic mass is 10.0. The average molecular weight is 306 g/mol. The number of pyridine rings is 1. The third-order valence-corrected chi connectivity index (χ3v) is 3.91.